The molecule has 0 saturated heterocycles. The molecule has 130 valence electrons. The van der Waals surface area contributed by atoms with Crippen molar-refractivity contribution in [2.24, 2.45) is 34.5 Å². The van der Waals surface area contributed by atoms with Gasteiger partial charge in [-0.1, -0.05) is 26.3 Å². The fourth-order valence-corrected chi connectivity index (χ4v) is 7.91. The van der Waals surface area contributed by atoms with Gasteiger partial charge < -0.3 is 0 Å². The van der Waals surface area contributed by atoms with Crippen LogP contribution in [0.5, 0.6) is 0 Å². The van der Waals surface area contributed by atoms with Crippen LogP contribution in [0.3, 0.4) is 0 Å². The Bertz CT molecular complexity index is 637. The molecule has 3 saturated carbocycles. The molecule has 0 aromatic heterocycles. The number of rotatable bonds is 1. The van der Waals surface area contributed by atoms with E-state index in [2.05, 4.69) is 13.8 Å². The fourth-order valence-electron chi connectivity index (χ4n) is 7.11. The summed E-state index contributed by atoms with van der Waals surface area (Å²) in [5, 5.41) is 0. The second-order valence-electron chi connectivity index (χ2n) is 9.30. The van der Waals surface area contributed by atoms with Crippen molar-refractivity contribution in [1.29, 1.82) is 0 Å². The summed E-state index contributed by atoms with van der Waals surface area (Å²) in [6, 6.07) is 0. The van der Waals surface area contributed by atoms with Crippen LogP contribution in [-0.4, -0.2) is 13.0 Å². The zero-order valence-corrected chi connectivity index (χ0v) is 15.2. The summed E-state index contributed by atoms with van der Waals surface area (Å²) in [6.45, 7) is 4.82. The second-order valence-corrected chi connectivity index (χ2v) is 10.8. The van der Waals surface area contributed by atoms with E-state index in [0.717, 1.165) is 18.3 Å². The van der Waals surface area contributed by atoms with E-state index in [-0.39, 0.29) is 10.3 Å². The van der Waals surface area contributed by atoms with Crippen LogP contribution in [0.1, 0.15) is 71.6 Å². The zero-order valence-electron chi connectivity index (χ0n) is 14.4. The summed E-state index contributed by atoms with van der Waals surface area (Å²) in [5.41, 5.74) is 0.605. The van der Waals surface area contributed by atoms with Crippen molar-refractivity contribution >= 4 is 10.1 Å². The van der Waals surface area contributed by atoms with Crippen LogP contribution >= 0.6 is 0 Å². The number of allylic oxidation sites excluding steroid dienone is 2. The molecule has 0 radical (unpaired) electrons. The van der Waals surface area contributed by atoms with Gasteiger partial charge in [0.1, 0.15) is 0 Å². The highest BCUT2D eigenvalue weighted by molar-refractivity contribution is 7.89. The molecular weight excluding hydrogens is 308 g/mol. The topological polar surface area (TPSA) is 54.4 Å². The minimum absolute atomic E-state index is 0.0622. The average molecular weight is 339 g/mol. The molecule has 3 fully saturated rings. The van der Waals surface area contributed by atoms with Crippen LogP contribution in [0.4, 0.5) is 0 Å². The second kappa shape index (κ2) is 5.08. The van der Waals surface area contributed by atoms with E-state index in [1.807, 2.05) is 0 Å². The molecule has 4 aliphatic carbocycles. The number of fused-ring (bicyclic) bond motifs is 5. The van der Waals surface area contributed by atoms with E-state index in [1.165, 1.54) is 44.9 Å². The molecule has 4 rings (SSSR count). The standard InChI is InChI=1S/C19H30O3S/c1-18-10-3-4-16(18)15-8-6-13-5-7-14(23(20,21)22)12-19(13,2)17(15)9-11-18/h7,13,15-17H,3-6,8-12H2,1-2H3,(H,20,21,22)/t13?,15-,16-,17-,18-,19-/m0/s1. The van der Waals surface area contributed by atoms with Gasteiger partial charge in [-0.25, -0.2) is 0 Å². The molecule has 4 heteroatoms. The average Bonchev–Trinajstić information content (AvgIpc) is 2.86. The molecule has 23 heavy (non-hydrogen) atoms. The Labute approximate surface area is 140 Å². The van der Waals surface area contributed by atoms with Gasteiger partial charge >= 0.3 is 0 Å². The maximum atomic E-state index is 11.7. The summed E-state index contributed by atoms with van der Waals surface area (Å²) < 4.78 is 32.9. The van der Waals surface area contributed by atoms with E-state index in [4.69, 9.17) is 0 Å². The lowest BCUT2D eigenvalue weighted by atomic mass is 9.46. The van der Waals surface area contributed by atoms with Crippen molar-refractivity contribution in [3.05, 3.63) is 11.0 Å². The minimum atomic E-state index is -4.02. The highest BCUT2D eigenvalue weighted by Gasteiger charge is 2.57. The van der Waals surface area contributed by atoms with Gasteiger partial charge in [0.2, 0.25) is 0 Å². The first kappa shape index (κ1) is 16.1. The molecular formula is C19H30O3S. The number of hydrogen-bond donors (Lipinski definition) is 1. The van der Waals surface area contributed by atoms with E-state index >= 15 is 0 Å². The highest BCUT2D eigenvalue weighted by atomic mass is 32.2. The lowest BCUT2D eigenvalue weighted by molar-refractivity contribution is -0.0877. The van der Waals surface area contributed by atoms with E-state index < -0.39 is 10.1 Å². The number of hydrogen-bond acceptors (Lipinski definition) is 2. The van der Waals surface area contributed by atoms with Crippen LogP contribution in [0.2, 0.25) is 0 Å². The first-order valence-electron chi connectivity index (χ1n) is 9.41. The van der Waals surface area contributed by atoms with Gasteiger partial charge in [-0.2, -0.15) is 8.42 Å². The van der Waals surface area contributed by atoms with E-state index in [1.54, 1.807) is 6.08 Å². The fraction of sp³-hybridized carbons (Fsp3) is 0.895. The lowest BCUT2D eigenvalue weighted by Crippen LogP contribution is -2.52. The van der Waals surface area contributed by atoms with Gasteiger partial charge in [0.05, 0.1) is 4.91 Å². The van der Waals surface area contributed by atoms with Crippen molar-refractivity contribution < 1.29 is 13.0 Å². The maximum Gasteiger partial charge on any atom is 0.290 e. The first-order valence-corrected chi connectivity index (χ1v) is 10.8. The largest absolute Gasteiger partial charge is 0.290 e. The Hall–Kier alpha value is -0.350. The van der Waals surface area contributed by atoms with E-state index in [9.17, 15) is 13.0 Å². The molecule has 0 heterocycles. The molecule has 0 amide bonds. The Morgan fingerprint density at radius 3 is 2.61 bits per heavy atom. The summed E-state index contributed by atoms with van der Waals surface area (Å²) in [7, 11) is -4.02. The van der Waals surface area contributed by atoms with Crippen LogP contribution < -0.4 is 0 Å². The summed E-state index contributed by atoms with van der Waals surface area (Å²) >= 11 is 0. The smallest absolute Gasteiger partial charge is 0.282 e. The molecule has 0 bridgehead atoms. The van der Waals surface area contributed by atoms with Gasteiger partial charge in [0.25, 0.3) is 10.1 Å². The maximum absolute atomic E-state index is 11.7. The van der Waals surface area contributed by atoms with Gasteiger partial charge in [0.15, 0.2) is 0 Å². The van der Waals surface area contributed by atoms with Crippen LogP contribution in [-0.2, 0) is 10.1 Å². The van der Waals surface area contributed by atoms with Crippen molar-refractivity contribution in [2.75, 3.05) is 0 Å². The summed E-state index contributed by atoms with van der Waals surface area (Å²) in [6.07, 6.45) is 12.5. The predicted octanol–water partition coefficient (Wildman–Crippen LogP) is 4.80. The summed E-state index contributed by atoms with van der Waals surface area (Å²) in [5.74, 6) is 2.86. The van der Waals surface area contributed by atoms with E-state index in [0.29, 0.717) is 23.7 Å². The first-order chi connectivity index (χ1) is 10.7. The Morgan fingerprint density at radius 1 is 1.09 bits per heavy atom. The van der Waals surface area contributed by atoms with Crippen LogP contribution in [0.25, 0.3) is 0 Å². The molecule has 1 unspecified atom stereocenters. The lowest BCUT2D eigenvalue weighted by Gasteiger charge is -2.59. The molecule has 1 N–H and O–H groups in total. The normalized spacial score (nSPS) is 49.8. The predicted molar refractivity (Wildman–Crippen MR) is 91.4 cm³/mol. The monoisotopic (exact) mass is 338 g/mol. The molecule has 0 spiro atoms. The third kappa shape index (κ3) is 2.35. The molecule has 6 atom stereocenters. The molecule has 0 aliphatic heterocycles. The van der Waals surface area contributed by atoms with Gasteiger partial charge in [0, 0.05) is 0 Å². The summed E-state index contributed by atoms with van der Waals surface area (Å²) in [4.78, 5) is 0.289. The Kier molecular flexibility index (Phi) is 3.56. The molecule has 0 aromatic carbocycles. The van der Waals surface area contributed by atoms with Gasteiger partial charge in [-0.3, -0.25) is 4.55 Å². The SMILES string of the molecule is C[C@@]12CCC[C@H]1[C@@H]1CCC3CC=C(S(=O)(=O)O)C[C@]3(C)[C@H]1CC2. The van der Waals surface area contributed by atoms with Gasteiger partial charge in [-0.15, -0.1) is 0 Å². The van der Waals surface area contributed by atoms with Crippen molar-refractivity contribution in [1.82, 2.24) is 0 Å². The van der Waals surface area contributed by atoms with Gasteiger partial charge in [-0.05, 0) is 85.9 Å². The van der Waals surface area contributed by atoms with Crippen LogP contribution in [0, 0.1) is 34.5 Å². The van der Waals surface area contributed by atoms with Crippen LogP contribution in [0.15, 0.2) is 11.0 Å². The minimum Gasteiger partial charge on any atom is -0.282 e. The molecule has 4 aliphatic rings. The highest BCUT2D eigenvalue weighted by Crippen LogP contribution is 2.66. The Morgan fingerprint density at radius 2 is 1.87 bits per heavy atom. The third-order valence-electron chi connectivity index (χ3n) is 8.36. The van der Waals surface area contributed by atoms with Crippen molar-refractivity contribution in [3.8, 4) is 0 Å². The third-order valence-corrected chi connectivity index (χ3v) is 9.34. The quantitative estimate of drug-likeness (QED) is 0.699. The van der Waals surface area contributed by atoms with Crippen molar-refractivity contribution in [2.45, 2.75) is 71.6 Å². The van der Waals surface area contributed by atoms with Crippen molar-refractivity contribution in [3.63, 3.8) is 0 Å². The zero-order chi connectivity index (χ0) is 16.5. The molecule has 3 nitrogen and oxygen atoms in total. The molecule has 0 aromatic rings. The Balaban J connectivity index is 1.67.